The summed E-state index contributed by atoms with van der Waals surface area (Å²) in [5.74, 6) is 0.274. The minimum Gasteiger partial charge on any atom is -0.303 e. The van der Waals surface area contributed by atoms with Crippen LogP contribution in [-0.4, -0.2) is 6.29 Å². The normalized spacial score (nSPS) is 22.1. The first-order chi connectivity index (χ1) is 12.2. The van der Waals surface area contributed by atoms with Gasteiger partial charge in [0.2, 0.25) is 0 Å². The summed E-state index contributed by atoms with van der Waals surface area (Å²) in [4.78, 5) is 11.9. The molecule has 2 bridgehead atoms. The zero-order valence-electron chi connectivity index (χ0n) is 14.5. The van der Waals surface area contributed by atoms with Gasteiger partial charge in [-0.05, 0) is 58.4 Å². The van der Waals surface area contributed by atoms with Crippen LogP contribution in [0.1, 0.15) is 56.8 Å². The molecule has 0 aliphatic heterocycles. The topological polar surface area (TPSA) is 17.1 Å². The molecule has 0 amide bonds. The molecular formula is C24H20O. The fraction of sp³-hybridized carbons (Fsp3) is 0.208. The average Bonchev–Trinajstić information content (AvgIpc) is 2.65. The quantitative estimate of drug-likeness (QED) is 0.604. The molecule has 0 aromatic heterocycles. The third kappa shape index (κ3) is 1.61. The number of rotatable bonds is 2. The molecule has 6 rings (SSSR count). The molecule has 0 atom stereocenters. The number of hydrogen-bond donors (Lipinski definition) is 0. The summed E-state index contributed by atoms with van der Waals surface area (Å²) in [6.45, 7) is 4.40. The van der Waals surface area contributed by atoms with Crippen molar-refractivity contribution in [2.24, 2.45) is 0 Å². The Labute approximate surface area is 148 Å². The van der Waals surface area contributed by atoms with Crippen LogP contribution in [0.3, 0.4) is 0 Å². The Hall–Kier alpha value is -2.67. The van der Waals surface area contributed by atoms with Crippen LogP contribution in [0.2, 0.25) is 0 Å². The van der Waals surface area contributed by atoms with Crippen LogP contribution >= 0.6 is 0 Å². The van der Waals surface area contributed by atoms with Gasteiger partial charge in [0, 0.05) is 12.3 Å². The number of hydrogen-bond acceptors (Lipinski definition) is 1. The van der Waals surface area contributed by atoms with E-state index in [2.05, 4.69) is 74.5 Å². The monoisotopic (exact) mass is 324 g/mol. The van der Waals surface area contributed by atoms with Crippen molar-refractivity contribution in [3.8, 4) is 0 Å². The van der Waals surface area contributed by atoms with E-state index in [1.54, 1.807) is 0 Å². The smallest absolute Gasteiger partial charge is 0.121 e. The van der Waals surface area contributed by atoms with E-state index in [9.17, 15) is 4.79 Å². The van der Waals surface area contributed by atoms with Gasteiger partial charge in [0.15, 0.2) is 0 Å². The zero-order chi connectivity index (χ0) is 17.2. The highest BCUT2D eigenvalue weighted by atomic mass is 16.1. The van der Waals surface area contributed by atoms with Gasteiger partial charge in [-0.25, -0.2) is 0 Å². The Balaban J connectivity index is 2.03. The molecule has 0 fully saturated rings. The maximum absolute atomic E-state index is 11.9. The molecule has 122 valence electrons. The molecule has 0 heterocycles. The predicted octanol–water partition coefficient (Wildman–Crippen LogP) is 5.03. The highest BCUT2D eigenvalue weighted by molar-refractivity contribution is 5.77. The van der Waals surface area contributed by atoms with Crippen molar-refractivity contribution in [1.29, 1.82) is 0 Å². The van der Waals surface area contributed by atoms with Gasteiger partial charge in [-0.15, -0.1) is 0 Å². The van der Waals surface area contributed by atoms with Gasteiger partial charge in [0.25, 0.3) is 0 Å². The Morgan fingerprint density at radius 1 is 0.840 bits per heavy atom. The van der Waals surface area contributed by atoms with Gasteiger partial charge in [0.05, 0.1) is 5.41 Å². The maximum atomic E-state index is 11.9. The maximum Gasteiger partial charge on any atom is 0.121 e. The van der Waals surface area contributed by atoms with Crippen LogP contribution in [0.15, 0.2) is 60.7 Å². The van der Waals surface area contributed by atoms with Crippen molar-refractivity contribution in [1.82, 2.24) is 0 Å². The minimum atomic E-state index is -0.352. The third-order valence-electron chi connectivity index (χ3n) is 6.24. The van der Waals surface area contributed by atoms with Crippen LogP contribution < -0.4 is 0 Å². The summed E-state index contributed by atoms with van der Waals surface area (Å²) in [6, 6.07) is 21.9. The zero-order valence-corrected chi connectivity index (χ0v) is 14.5. The molecule has 0 N–H and O–H groups in total. The Kier molecular flexibility index (Phi) is 2.88. The van der Waals surface area contributed by atoms with Crippen molar-refractivity contribution < 1.29 is 4.79 Å². The van der Waals surface area contributed by atoms with E-state index < -0.39 is 0 Å². The molecule has 0 spiro atoms. The first kappa shape index (κ1) is 14.7. The van der Waals surface area contributed by atoms with E-state index in [1.807, 2.05) is 0 Å². The van der Waals surface area contributed by atoms with E-state index in [0.29, 0.717) is 6.42 Å². The first-order valence-corrected chi connectivity index (χ1v) is 8.93. The number of carbonyl (C=O) groups excluding carboxylic acids is 1. The second kappa shape index (κ2) is 4.92. The van der Waals surface area contributed by atoms with Crippen molar-refractivity contribution in [2.45, 2.75) is 31.6 Å². The van der Waals surface area contributed by atoms with Gasteiger partial charge in [-0.1, -0.05) is 60.7 Å². The molecule has 25 heavy (non-hydrogen) atoms. The fourth-order valence-electron chi connectivity index (χ4n) is 5.39. The minimum absolute atomic E-state index is 0.274. The number of benzene rings is 3. The fourth-order valence-corrected chi connectivity index (χ4v) is 5.39. The number of aldehydes is 1. The van der Waals surface area contributed by atoms with Crippen LogP contribution in [0, 0.1) is 13.8 Å². The van der Waals surface area contributed by atoms with Crippen molar-refractivity contribution in [3.05, 3.63) is 105 Å². The van der Waals surface area contributed by atoms with Gasteiger partial charge in [0.1, 0.15) is 6.29 Å². The molecule has 0 unspecified atom stereocenters. The average molecular weight is 324 g/mol. The van der Waals surface area contributed by atoms with E-state index in [0.717, 1.165) is 6.29 Å². The van der Waals surface area contributed by atoms with E-state index in [-0.39, 0.29) is 11.3 Å². The van der Waals surface area contributed by atoms with Crippen LogP contribution in [0.5, 0.6) is 0 Å². The number of carbonyl (C=O) groups is 1. The summed E-state index contributed by atoms with van der Waals surface area (Å²) >= 11 is 0. The number of aryl methyl sites for hydroxylation is 2. The second-order valence-electron chi connectivity index (χ2n) is 7.37. The van der Waals surface area contributed by atoms with E-state index in [1.165, 1.54) is 44.5 Å². The molecule has 0 saturated heterocycles. The summed E-state index contributed by atoms with van der Waals surface area (Å²) in [5.41, 5.74) is 10.4. The SMILES string of the molecule is Cc1ccc(C)c2c1C1c3ccccc3C2(CC=O)c2ccccc21. The van der Waals surface area contributed by atoms with Gasteiger partial charge in [-0.2, -0.15) is 0 Å². The van der Waals surface area contributed by atoms with Crippen LogP contribution in [-0.2, 0) is 10.2 Å². The molecule has 0 radical (unpaired) electrons. The Bertz CT molecular complexity index is 981. The second-order valence-corrected chi connectivity index (χ2v) is 7.37. The summed E-state index contributed by atoms with van der Waals surface area (Å²) < 4.78 is 0. The molecule has 3 aromatic carbocycles. The van der Waals surface area contributed by atoms with Crippen molar-refractivity contribution in [3.63, 3.8) is 0 Å². The van der Waals surface area contributed by atoms with E-state index >= 15 is 0 Å². The highest BCUT2D eigenvalue weighted by Crippen LogP contribution is 2.61. The Morgan fingerprint density at radius 3 is 2.00 bits per heavy atom. The molecule has 1 heteroatoms. The molecule has 3 aliphatic carbocycles. The lowest BCUT2D eigenvalue weighted by atomic mass is 9.51. The van der Waals surface area contributed by atoms with Crippen LogP contribution in [0.25, 0.3) is 0 Å². The van der Waals surface area contributed by atoms with Crippen molar-refractivity contribution >= 4 is 6.29 Å². The standard InChI is InChI=1S/C24H20O/c1-15-11-12-16(2)23-21(15)22-17-7-3-5-9-19(17)24(23,13-14-25)20-10-6-4-8-18(20)22/h3-12,14,22H,13H2,1-2H3. The van der Waals surface area contributed by atoms with Gasteiger partial charge < -0.3 is 4.79 Å². The summed E-state index contributed by atoms with van der Waals surface area (Å²) in [7, 11) is 0. The van der Waals surface area contributed by atoms with Crippen molar-refractivity contribution in [2.75, 3.05) is 0 Å². The molecule has 1 nitrogen and oxygen atoms in total. The summed E-state index contributed by atoms with van der Waals surface area (Å²) in [5, 5.41) is 0. The molecule has 3 aliphatic rings. The predicted molar refractivity (Wildman–Crippen MR) is 100 cm³/mol. The highest BCUT2D eigenvalue weighted by Gasteiger charge is 2.52. The molecule has 3 aromatic rings. The lowest BCUT2D eigenvalue weighted by Crippen LogP contribution is -2.43. The van der Waals surface area contributed by atoms with Gasteiger partial charge in [-0.3, -0.25) is 0 Å². The first-order valence-electron chi connectivity index (χ1n) is 8.93. The van der Waals surface area contributed by atoms with Gasteiger partial charge >= 0.3 is 0 Å². The lowest BCUT2D eigenvalue weighted by molar-refractivity contribution is -0.108. The lowest BCUT2D eigenvalue weighted by Gasteiger charge is -2.51. The largest absolute Gasteiger partial charge is 0.303 e. The van der Waals surface area contributed by atoms with Crippen LogP contribution in [0.4, 0.5) is 0 Å². The molecule has 0 saturated carbocycles. The Morgan fingerprint density at radius 2 is 1.40 bits per heavy atom. The summed E-state index contributed by atoms with van der Waals surface area (Å²) in [6.07, 6.45) is 1.59. The molecular weight excluding hydrogens is 304 g/mol. The third-order valence-corrected chi connectivity index (χ3v) is 6.24. The van der Waals surface area contributed by atoms with E-state index in [4.69, 9.17) is 0 Å².